The third-order valence-electron chi connectivity index (χ3n) is 2.55. The fourth-order valence-electron chi connectivity index (χ4n) is 1.84. The topological polar surface area (TPSA) is 96.7 Å². The van der Waals surface area contributed by atoms with Crippen molar-refractivity contribution in [3.63, 3.8) is 0 Å². The maximum Gasteiger partial charge on any atom is 0.407 e. The first-order valence-electron chi connectivity index (χ1n) is 6.07. The van der Waals surface area contributed by atoms with Crippen LogP contribution in [0.25, 0.3) is 0 Å². The molecule has 0 aromatic rings. The lowest BCUT2D eigenvalue weighted by Gasteiger charge is -2.33. The van der Waals surface area contributed by atoms with E-state index >= 15 is 0 Å². The van der Waals surface area contributed by atoms with Crippen LogP contribution < -0.4 is 16.6 Å². The second kappa shape index (κ2) is 5.90. The zero-order chi connectivity index (χ0) is 13.8. The highest BCUT2D eigenvalue weighted by Gasteiger charge is 2.26. The van der Waals surface area contributed by atoms with Gasteiger partial charge in [-0.1, -0.05) is 0 Å². The molecule has 0 spiro atoms. The van der Waals surface area contributed by atoms with E-state index in [1.807, 2.05) is 20.8 Å². The Kier molecular flexibility index (Phi) is 4.77. The van der Waals surface area contributed by atoms with Crippen LogP contribution in [-0.2, 0) is 4.74 Å². The first kappa shape index (κ1) is 14.6. The molecule has 1 aliphatic heterocycles. The second-order valence-corrected chi connectivity index (χ2v) is 5.38. The zero-order valence-corrected chi connectivity index (χ0v) is 11.2. The van der Waals surface area contributed by atoms with Gasteiger partial charge in [-0.05, 0) is 33.6 Å². The van der Waals surface area contributed by atoms with Gasteiger partial charge in [0.15, 0.2) is 0 Å². The lowest BCUT2D eigenvalue weighted by Crippen LogP contribution is -2.53. The first-order valence-corrected chi connectivity index (χ1v) is 6.07. The number of amides is 3. The summed E-state index contributed by atoms with van der Waals surface area (Å²) in [4.78, 5) is 24.5. The SMILES string of the molecule is CC(C)(C)OC(=O)NC1CCCN(C(=O)NN)C1. The van der Waals surface area contributed by atoms with Crippen molar-refractivity contribution in [1.29, 1.82) is 0 Å². The number of nitrogens with one attached hydrogen (secondary N) is 2. The number of hydrazine groups is 1. The summed E-state index contributed by atoms with van der Waals surface area (Å²) in [5.74, 6) is 5.08. The van der Waals surface area contributed by atoms with Crippen LogP contribution in [-0.4, -0.2) is 41.8 Å². The van der Waals surface area contributed by atoms with Crippen molar-refractivity contribution < 1.29 is 14.3 Å². The summed E-state index contributed by atoms with van der Waals surface area (Å²) in [6.45, 7) is 6.52. The minimum Gasteiger partial charge on any atom is -0.444 e. The number of carbonyl (C=O) groups is 2. The molecule has 1 atom stereocenters. The molecule has 7 heteroatoms. The largest absolute Gasteiger partial charge is 0.444 e. The predicted molar refractivity (Wildman–Crippen MR) is 66.7 cm³/mol. The van der Waals surface area contributed by atoms with Gasteiger partial charge in [-0.25, -0.2) is 15.4 Å². The number of hydrogen-bond acceptors (Lipinski definition) is 4. The number of urea groups is 1. The highest BCUT2D eigenvalue weighted by Crippen LogP contribution is 2.12. The van der Waals surface area contributed by atoms with Crippen LogP contribution in [0.15, 0.2) is 0 Å². The van der Waals surface area contributed by atoms with E-state index in [2.05, 4.69) is 10.7 Å². The van der Waals surface area contributed by atoms with Crippen LogP contribution in [0.4, 0.5) is 9.59 Å². The third-order valence-corrected chi connectivity index (χ3v) is 2.55. The van der Waals surface area contributed by atoms with Crippen LogP contribution in [0.1, 0.15) is 33.6 Å². The molecular weight excluding hydrogens is 236 g/mol. The smallest absolute Gasteiger partial charge is 0.407 e. The number of rotatable bonds is 1. The summed E-state index contributed by atoms with van der Waals surface area (Å²) in [6, 6.07) is -0.420. The molecule has 1 saturated heterocycles. The number of ether oxygens (including phenoxy) is 1. The van der Waals surface area contributed by atoms with Gasteiger partial charge in [0.05, 0.1) is 0 Å². The molecule has 104 valence electrons. The summed E-state index contributed by atoms with van der Waals surface area (Å²) in [7, 11) is 0. The van der Waals surface area contributed by atoms with Gasteiger partial charge in [-0.2, -0.15) is 0 Å². The molecular formula is C11H22N4O3. The van der Waals surface area contributed by atoms with Crippen LogP contribution in [0.2, 0.25) is 0 Å². The van der Waals surface area contributed by atoms with Crippen molar-refractivity contribution in [3.05, 3.63) is 0 Å². The molecule has 0 radical (unpaired) electrons. The van der Waals surface area contributed by atoms with Crippen molar-refractivity contribution in [2.45, 2.75) is 45.3 Å². The Morgan fingerprint density at radius 1 is 1.39 bits per heavy atom. The molecule has 1 fully saturated rings. The lowest BCUT2D eigenvalue weighted by molar-refractivity contribution is 0.0479. The summed E-state index contributed by atoms with van der Waals surface area (Å²) < 4.78 is 5.17. The standard InChI is InChI=1S/C11H22N4O3/c1-11(2,3)18-10(17)13-8-5-4-6-15(7-8)9(16)14-12/h8H,4-7,12H2,1-3H3,(H,13,17)(H,14,16). The number of nitrogens with two attached hydrogens (primary N) is 1. The highest BCUT2D eigenvalue weighted by molar-refractivity contribution is 5.74. The predicted octanol–water partition coefficient (Wildman–Crippen LogP) is 0.559. The van der Waals surface area contributed by atoms with Crippen LogP contribution >= 0.6 is 0 Å². The van der Waals surface area contributed by atoms with Gasteiger partial charge < -0.3 is 15.0 Å². The average molecular weight is 258 g/mol. The lowest BCUT2D eigenvalue weighted by atomic mass is 10.1. The van der Waals surface area contributed by atoms with Crippen LogP contribution in [0.5, 0.6) is 0 Å². The third kappa shape index (κ3) is 4.79. The molecule has 0 aromatic heterocycles. The number of carbonyl (C=O) groups excluding carboxylic acids is 2. The molecule has 1 aliphatic rings. The van der Waals surface area contributed by atoms with Gasteiger partial charge in [0.2, 0.25) is 0 Å². The fraction of sp³-hybridized carbons (Fsp3) is 0.818. The number of nitrogens with zero attached hydrogens (tertiary/aromatic N) is 1. The molecule has 0 aliphatic carbocycles. The minimum atomic E-state index is -0.521. The van der Waals surface area contributed by atoms with Crippen molar-refractivity contribution in [2.75, 3.05) is 13.1 Å². The Balaban J connectivity index is 2.43. The Morgan fingerprint density at radius 3 is 2.61 bits per heavy atom. The molecule has 7 nitrogen and oxygen atoms in total. The Bertz CT molecular complexity index is 314. The Labute approximate surface area is 107 Å². The molecule has 1 heterocycles. The van der Waals surface area contributed by atoms with E-state index in [1.165, 1.54) is 0 Å². The summed E-state index contributed by atoms with van der Waals surface area (Å²) in [5, 5.41) is 2.76. The normalized spacial score (nSPS) is 20.2. The average Bonchev–Trinajstić information content (AvgIpc) is 2.25. The first-order chi connectivity index (χ1) is 8.31. The Hall–Kier alpha value is -1.50. The van der Waals surface area contributed by atoms with E-state index in [0.717, 1.165) is 12.8 Å². The molecule has 0 saturated carbocycles. The van der Waals surface area contributed by atoms with E-state index in [-0.39, 0.29) is 12.1 Å². The van der Waals surface area contributed by atoms with Gasteiger partial charge in [0.1, 0.15) is 5.60 Å². The quantitative estimate of drug-likeness (QED) is 0.364. The maximum atomic E-state index is 11.6. The van der Waals surface area contributed by atoms with E-state index < -0.39 is 11.7 Å². The van der Waals surface area contributed by atoms with Crippen LogP contribution in [0.3, 0.4) is 0 Å². The zero-order valence-electron chi connectivity index (χ0n) is 11.2. The number of likely N-dealkylation sites (tertiary alicyclic amines) is 1. The van der Waals surface area contributed by atoms with Crippen molar-refractivity contribution >= 4 is 12.1 Å². The summed E-state index contributed by atoms with van der Waals surface area (Å²) in [5.41, 5.74) is 1.57. The summed E-state index contributed by atoms with van der Waals surface area (Å²) in [6.07, 6.45) is 1.20. The van der Waals surface area contributed by atoms with Gasteiger partial charge in [-0.3, -0.25) is 5.43 Å². The molecule has 18 heavy (non-hydrogen) atoms. The van der Waals surface area contributed by atoms with E-state index in [9.17, 15) is 9.59 Å². The van der Waals surface area contributed by atoms with Gasteiger partial charge in [-0.15, -0.1) is 0 Å². The summed E-state index contributed by atoms with van der Waals surface area (Å²) >= 11 is 0. The monoisotopic (exact) mass is 258 g/mol. The Morgan fingerprint density at radius 2 is 2.06 bits per heavy atom. The number of piperidine rings is 1. The molecule has 4 N–H and O–H groups in total. The van der Waals surface area contributed by atoms with Crippen molar-refractivity contribution in [2.24, 2.45) is 5.84 Å². The highest BCUT2D eigenvalue weighted by atomic mass is 16.6. The van der Waals surface area contributed by atoms with E-state index in [0.29, 0.717) is 13.1 Å². The van der Waals surface area contributed by atoms with Crippen LogP contribution in [0, 0.1) is 0 Å². The van der Waals surface area contributed by atoms with Gasteiger partial charge >= 0.3 is 12.1 Å². The minimum absolute atomic E-state index is 0.0918. The number of alkyl carbamates (subject to hydrolysis) is 1. The molecule has 3 amide bonds. The van der Waals surface area contributed by atoms with Crippen molar-refractivity contribution in [1.82, 2.24) is 15.6 Å². The van der Waals surface area contributed by atoms with Gasteiger partial charge in [0.25, 0.3) is 0 Å². The number of hydrogen-bond donors (Lipinski definition) is 3. The van der Waals surface area contributed by atoms with E-state index in [4.69, 9.17) is 10.6 Å². The molecule has 0 bridgehead atoms. The second-order valence-electron chi connectivity index (χ2n) is 5.38. The van der Waals surface area contributed by atoms with Crippen molar-refractivity contribution in [3.8, 4) is 0 Å². The molecule has 1 unspecified atom stereocenters. The van der Waals surface area contributed by atoms with Gasteiger partial charge in [0, 0.05) is 19.1 Å². The molecule has 0 aromatic carbocycles. The maximum absolute atomic E-state index is 11.6. The van der Waals surface area contributed by atoms with E-state index in [1.54, 1.807) is 4.90 Å². The fourth-order valence-corrected chi connectivity index (χ4v) is 1.84. The molecule has 1 rings (SSSR count).